The highest BCUT2D eigenvalue weighted by molar-refractivity contribution is 14.0. The molecule has 1 aromatic rings. The van der Waals surface area contributed by atoms with Gasteiger partial charge in [-0.1, -0.05) is 36.4 Å². The van der Waals surface area contributed by atoms with Crippen molar-refractivity contribution < 1.29 is 14.3 Å². The molecule has 4 rings (SSSR count). The van der Waals surface area contributed by atoms with E-state index in [4.69, 9.17) is 4.74 Å². The number of aliphatic imine (C=N–C) groups is 1. The summed E-state index contributed by atoms with van der Waals surface area (Å²) in [5.74, 6) is 0.861. The molecule has 180 valence electrons. The minimum atomic E-state index is -0.174. The van der Waals surface area contributed by atoms with Gasteiger partial charge in [0.25, 0.3) is 0 Å². The predicted molar refractivity (Wildman–Crippen MR) is 139 cm³/mol. The molecule has 1 aromatic carbocycles. The Morgan fingerprint density at radius 2 is 1.73 bits per heavy atom. The number of nitrogens with zero attached hydrogens (tertiary/aromatic N) is 2. The first-order chi connectivity index (χ1) is 15.3. The maximum Gasteiger partial charge on any atom is 0.233 e. The number of benzene rings is 1. The Bertz CT molecular complexity index is 910. The highest BCUT2D eigenvalue weighted by atomic mass is 127. The van der Waals surface area contributed by atoms with Gasteiger partial charge in [0.2, 0.25) is 11.8 Å². The van der Waals surface area contributed by atoms with Gasteiger partial charge in [-0.2, -0.15) is 0 Å². The molecule has 3 aliphatic rings. The first kappa shape index (κ1) is 25.7. The summed E-state index contributed by atoms with van der Waals surface area (Å²) in [5, 5.41) is 6.52. The van der Waals surface area contributed by atoms with Crippen molar-refractivity contribution in [1.82, 2.24) is 15.5 Å². The van der Waals surface area contributed by atoms with Crippen molar-refractivity contribution in [2.45, 2.75) is 45.9 Å². The zero-order valence-electron chi connectivity index (χ0n) is 19.8. The molecule has 1 aliphatic heterocycles. The second kappa shape index (κ2) is 10.5. The molecule has 2 aliphatic carbocycles. The van der Waals surface area contributed by atoms with Gasteiger partial charge >= 0.3 is 0 Å². The fraction of sp³-hybridized carbons (Fsp3) is 0.560. The predicted octanol–water partition coefficient (Wildman–Crippen LogP) is 3.09. The van der Waals surface area contributed by atoms with Crippen LogP contribution in [-0.2, 0) is 27.5 Å². The Labute approximate surface area is 213 Å². The van der Waals surface area contributed by atoms with Crippen LogP contribution < -0.4 is 10.6 Å². The summed E-state index contributed by atoms with van der Waals surface area (Å²) in [4.78, 5) is 31.3. The molecule has 2 N–H and O–H groups in total. The molecule has 0 radical (unpaired) electrons. The molecule has 4 atom stereocenters. The average molecular weight is 566 g/mol. The van der Waals surface area contributed by atoms with E-state index in [0.29, 0.717) is 32.2 Å². The summed E-state index contributed by atoms with van der Waals surface area (Å²) >= 11 is 0. The number of guanidine groups is 1. The molecule has 2 amide bonds. The van der Waals surface area contributed by atoms with E-state index in [1.807, 2.05) is 26.8 Å². The first-order valence-corrected chi connectivity index (χ1v) is 11.5. The van der Waals surface area contributed by atoms with Gasteiger partial charge in [-0.3, -0.25) is 19.5 Å². The topological polar surface area (TPSA) is 83.0 Å². The monoisotopic (exact) mass is 566 g/mol. The molecule has 1 saturated heterocycles. The highest BCUT2D eigenvalue weighted by Crippen LogP contribution is 2.52. The van der Waals surface area contributed by atoms with Gasteiger partial charge in [0.15, 0.2) is 5.96 Å². The Kier molecular flexibility index (Phi) is 8.21. The van der Waals surface area contributed by atoms with Crippen LogP contribution in [0.5, 0.6) is 0 Å². The Balaban J connectivity index is 0.00000306. The summed E-state index contributed by atoms with van der Waals surface area (Å²) in [7, 11) is 1.71. The van der Waals surface area contributed by atoms with E-state index in [1.165, 1.54) is 4.90 Å². The van der Waals surface area contributed by atoms with E-state index in [1.54, 1.807) is 7.05 Å². The summed E-state index contributed by atoms with van der Waals surface area (Å²) in [5.41, 5.74) is 2.08. The Morgan fingerprint density at radius 1 is 1.09 bits per heavy atom. The standard InChI is InChI=1S/C25H34N4O3.HI/c1-25(2,3)32-15-17-7-5-6-16(12-17)14-28-24(26-4)27-10-11-29-22(30)20-18-8-9-19(13-18)21(20)23(29)31;/h5-9,12,18-21H,10-11,13-15H2,1-4H3,(H2,26,27,28);1H. The fourth-order valence-electron chi connectivity index (χ4n) is 5.01. The maximum atomic E-state index is 12.8. The number of nitrogens with one attached hydrogen (secondary N) is 2. The molecule has 1 heterocycles. The number of rotatable bonds is 7. The number of halogens is 1. The molecule has 0 aromatic heterocycles. The van der Waals surface area contributed by atoms with Gasteiger partial charge in [0.1, 0.15) is 0 Å². The lowest BCUT2D eigenvalue weighted by Crippen LogP contribution is -2.43. The third-order valence-electron chi connectivity index (χ3n) is 6.54. The van der Waals surface area contributed by atoms with Crippen molar-refractivity contribution in [2.75, 3.05) is 20.1 Å². The number of likely N-dealkylation sites (tertiary alicyclic amines) is 1. The van der Waals surface area contributed by atoms with Crippen LogP contribution in [0.15, 0.2) is 41.4 Å². The third-order valence-corrected chi connectivity index (χ3v) is 6.54. The number of imide groups is 1. The van der Waals surface area contributed by atoms with Crippen LogP contribution in [-0.4, -0.2) is 48.4 Å². The summed E-state index contributed by atoms with van der Waals surface area (Å²) in [6.45, 7) is 8.16. The summed E-state index contributed by atoms with van der Waals surface area (Å²) < 4.78 is 5.86. The zero-order valence-corrected chi connectivity index (χ0v) is 22.2. The minimum absolute atomic E-state index is 0. The van der Waals surface area contributed by atoms with Crippen molar-refractivity contribution in [3.63, 3.8) is 0 Å². The number of hydrogen-bond acceptors (Lipinski definition) is 4. The van der Waals surface area contributed by atoms with Gasteiger partial charge < -0.3 is 15.4 Å². The number of carbonyl (C=O) groups is 2. The van der Waals surface area contributed by atoms with Crippen molar-refractivity contribution >= 4 is 41.8 Å². The Morgan fingerprint density at radius 3 is 2.33 bits per heavy atom. The number of carbonyl (C=O) groups excluding carboxylic acids is 2. The minimum Gasteiger partial charge on any atom is -0.371 e. The number of fused-ring (bicyclic) bond motifs is 5. The molecule has 0 spiro atoms. The number of allylic oxidation sites excluding steroid dienone is 2. The number of hydrogen-bond donors (Lipinski definition) is 2. The average Bonchev–Trinajstić information content (AvgIpc) is 3.44. The van der Waals surface area contributed by atoms with Crippen molar-refractivity contribution in [3.05, 3.63) is 47.5 Å². The smallest absolute Gasteiger partial charge is 0.233 e. The fourth-order valence-corrected chi connectivity index (χ4v) is 5.01. The van der Waals surface area contributed by atoms with Gasteiger partial charge in [-0.15, -0.1) is 24.0 Å². The largest absolute Gasteiger partial charge is 0.371 e. The van der Waals surface area contributed by atoms with Crippen LogP contribution in [0.4, 0.5) is 0 Å². The molecule has 2 fully saturated rings. The molecular weight excluding hydrogens is 531 g/mol. The molecule has 33 heavy (non-hydrogen) atoms. The lowest BCUT2D eigenvalue weighted by Gasteiger charge is -2.20. The SMILES string of the molecule is CN=C(NCCN1C(=O)C2C3C=CC(C3)C2C1=O)NCc1cccc(COC(C)(C)C)c1.I. The van der Waals surface area contributed by atoms with Crippen LogP contribution >= 0.6 is 24.0 Å². The number of amides is 2. The maximum absolute atomic E-state index is 12.8. The van der Waals surface area contributed by atoms with Crippen LogP contribution in [0.1, 0.15) is 38.3 Å². The van der Waals surface area contributed by atoms with Gasteiger partial charge in [0, 0.05) is 26.7 Å². The molecule has 1 saturated carbocycles. The summed E-state index contributed by atoms with van der Waals surface area (Å²) in [6, 6.07) is 8.26. The van der Waals surface area contributed by atoms with E-state index in [2.05, 4.69) is 46.0 Å². The van der Waals surface area contributed by atoms with Crippen molar-refractivity contribution in [1.29, 1.82) is 0 Å². The lowest BCUT2D eigenvalue weighted by atomic mass is 9.85. The van der Waals surface area contributed by atoms with E-state index < -0.39 is 0 Å². The van der Waals surface area contributed by atoms with Crippen LogP contribution in [0.25, 0.3) is 0 Å². The van der Waals surface area contributed by atoms with Gasteiger partial charge in [0.05, 0.1) is 24.0 Å². The first-order valence-electron chi connectivity index (χ1n) is 11.5. The quantitative estimate of drug-likeness (QED) is 0.174. The highest BCUT2D eigenvalue weighted by Gasteiger charge is 2.58. The van der Waals surface area contributed by atoms with Crippen LogP contribution in [0, 0.1) is 23.7 Å². The van der Waals surface area contributed by atoms with Crippen molar-refractivity contribution in [3.8, 4) is 0 Å². The normalized spacial score (nSPS) is 25.9. The van der Waals surface area contributed by atoms with E-state index >= 15 is 0 Å². The van der Waals surface area contributed by atoms with E-state index in [0.717, 1.165) is 17.5 Å². The Hall–Kier alpha value is -1.94. The molecule has 7 nitrogen and oxygen atoms in total. The van der Waals surface area contributed by atoms with Crippen LogP contribution in [0.2, 0.25) is 0 Å². The van der Waals surface area contributed by atoms with Gasteiger partial charge in [-0.25, -0.2) is 0 Å². The zero-order chi connectivity index (χ0) is 22.9. The second-order valence-corrected chi connectivity index (χ2v) is 9.90. The second-order valence-electron chi connectivity index (χ2n) is 9.90. The summed E-state index contributed by atoms with van der Waals surface area (Å²) in [6.07, 6.45) is 5.20. The van der Waals surface area contributed by atoms with Crippen molar-refractivity contribution in [2.24, 2.45) is 28.7 Å². The van der Waals surface area contributed by atoms with Crippen LogP contribution in [0.3, 0.4) is 0 Å². The third kappa shape index (κ3) is 5.77. The lowest BCUT2D eigenvalue weighted by molar-refractivity contribution is -0.140. The van der Waals surface area contributed by atoms with Gasteiger partial charge in [-0.05, 0) is 50.2 Å². The molecule has 8 heteroatoms. The molecule has 2 bridgehead atoms. The van der Waals surface area contributed by atoms with E-state index in [-0.39, 0.29) is 65.1 Å². The number of ether oxygens (including phenoxy) is 1. The molecular formula is C25H35IN4O3. The molecule has 4 unspecified atom stereocenters. The van der Waals surface area contributed by atoms with E-state index in [9.17, 15) is 9.59 Å².